The molecule has 2 aromatic rings. The summed E-state index contributed by atoms with van der Waals surface area (Å²) in [7, 11) is 0. The molecule has 1 fully saturated rings. The lowest BCUT2D eigenvalue weighted by Crippen LogP contribution is -2.47. The number of rotatable bonds is 6. The van der Waals surface area contributed by atoms with Crippen molar-refractivity contribution >= 4 is 22.8 Å². The number of aliphatic carboxylic acids is 1. The molecular weight excluding hydrogens is 304 g/mol. The molecule has 3 rings (SSSR count). The van der Waals surface area contributed by atoms with Crippen molar-refractivity contribution in [2.24, 2.45) is 0 Å². The fourth-order valence-corrected chi connectivity index (χ4v) is 3.79. The van der Waals surface area contributed by atoms with Gasteiger partial charge in [-0.25, -0.2) is 0 Å². The highest BCUT2D eigenvalue weighted by Gasteiger charge is 2.37. The van der Waals surface area contributed by atoms with Gasteiger partial charge in [-0.3, -0.25) is 9.59 Å². The number of hydrogen-bond donors (Lipinski definition) is 3. The van der Waals surface area contributed by atoms with Gasteiger partial charge in [0.25, 0.3) is 0 Å². The number of carbonyl (C=O) groups is 2. The van der Waals surface area contributed by atoms with Crippen LogP contribution in [0, 0.1) is 6.92 Å². The number of fused-ring (bicyclic) bond motifs is 1. The van der Waals surface area contributed by atoms with Crippen LogP contribution < -0.4 is 5.32 Å². The predicted octanol–water partition coefficient (Wildman–Crippen LogP) is 3.31. The minimum Gasteiger partial charge on any atom is -0.481 e. The van der Waals surface area contributed by atoms with Crippen molar-refractivity contribution in [2.45, 2.75) is 57.4 Å². The molecule has 24 heavy (non-hydrogen) atoms. The van der Waals surface area contributed by atoms with Gasteiger partial charge in [-0.1, -0.05) is 24.5 Å². The molecule has 0 atom stereocenters. The molecule has 5 heteroatoms. The number of H-pyrrole nitrogens is 1. The van der Waals surface area contributed by atoms with Crippen LogP contribution in [0.4, 0.5) is 0 Å². The van der Waals surface area contributed by atoms with Crippen molar-refractivity contribution in [1.29, 1.82) is 0 Å². The second-order valence-corrected chi connectivity index (χ2v) is 6.97. The third kappa shape index (κ3) is 3.61. The van der Waals surface area contributed by atoms with E-state index in [4.69, 9.17) is 5.11 Å². The molecule has 0 radical (unpaired) electrons. The summed E-state index contributed by atoms with van der Waals surface area (Å²) in [6.45, 7) is 2.05. The Kier molecular flexibility index (Phi) is 4.60. The third-order valence-electron chi connectivity index (χ3n) is 5.00. The van der Waals surface area contributed by atoms with E-state index in [0.717, 1.165) is 42.1 Å². The van der Waals surface area contributed by atoms with Crippen LogP contribution in [0.3, 0.4) is 0 Å². The Balaban J connectivity index is 1.64. The molecule has 1 aliphatic carbocycles. The van der Waals surface area contributed by atoms with E-state index in [9.17, 15) is 9.59 Å². The number of nitrogens with one attached hydrogen (secondary N) is 2. The maximum Gasteiger partial charge on any atom is 0.305 e. The fraction of sp³-hybridized carbons (Fsp3) is 0.474. The second-order valence-electron chi connectivity index (χ2n) is 6.97. The normalized spacial score (nSPS) is 16.4. The van der Waals surface area contributed by atoms with Crippen molar-refractivity contribution in [2.75, 3.05) is 0 Å². The molecule has 0 saturated heterocycles. The van der Waals surface area contributed by atoms with Gasteiger partial charge >= 0.3 is 5.97 Å². The molecule has 5 nitrogen and oxygen atoms in total. The van der Waals surface area contributed by atoms with Crippen LogP contribution in [0.15, 0.2) is 24.4 Å². The summed E-state index contributed by atoms with van der Waals surface area (Å²) in [5.41, 5.74) is 2.86. The number of carboxylic acids is 1. The molecule has 1 saturated carbocycles. The quantitative estimate of drug-likeness (QED) is 0.761. The van der Waals surface area contributed by atoms with Crippen LogP contribution in [0.5, 0.6) is 0 Å². The first-order chi connectivity index (χ1) is 11.5. The monoisotopic (exact) mass is 328 g/mol. The van der Waals surface area contributed by atoms with E-state index in [1.54, 1.807) is 0 Å². The van der Waals surface area contributed by atoms with Gasteiger partial charge in [-0.05, 0) is 43.9 Å². The van der Waals surface area contributed by atoms with E-state index in [1.807, 2.05) is 6.20 Å². The van der Waals surface area contributed by atoms with E-state index in [1.165, 1.54) is 5.56 Å². The number of carbonyl (C=O) groups excluding carboxylic acids is 1. The smallest absolute Gasteiger partial charge is 0.305 e. The molecule has 3 N–H and O–H groups in total. The molecule has 1 aromatic heterocycles. The average Bonchev–Trinajstić information content (AvgIpc) is 3.11. The van der Waals surface area contributed by atoms with Crippen molar-refractivity contribution in [3.05, 3.63) is 35.5 Å². The molecule has 0 aliphatic heterocycles. The van der Waals surface area contributed by atoms with Gasteiger partial charge in [0.05, 0.1) is 12.0 Å². The molecule has 1 amide bonds. The first kappa shape index (κ1) is 16.6. The molecule has 0 bridgehead atoms. The standard InChI is InChI=1S/C19H24N2O3/c1-13-4-6-16-15(10-13)14(12-20-16)5-7-17(22)21-19(11-18(23)24)8-2-3-9-19/h4,6,10,12,20H,2-3,5,7-9,11H2,1H3,(H,21,22)(H,23,24). The number of amides is 1. The second kappa shape index (κ2) is 6.67. The number of aryl methyl sites for hydroxylation is 2. The van der Waals surface area contributed by atoms with Gasteiger partial charge in [0.2, 0.25) is 5.91 Å². The Morgan fingerprint density at radius 3 is 2.75 bits per heavy atom. The minimum absolute atomic E-state index is 0.0189. The Bertz CT molecular complexity index is 757. The first-order valence-corrected chi connectivity index (χ1v) is 8.57. The summed E-state index contributed by atoms with van der Waals surface area (Å²) < 4.78 is 0. The van der Waals surface area contributed by atoms with Crippen LogP contribution in [0.25, 0.3) is 10.9 Å². The topological polar surface area (TPSA) is 82.2 Å². The number of aromatic nitrogens is 1. The van der Waals surface area contributed by atoms with E-state index in [2.05, 4.69) is 35.4 Å². The van der Waals surface area contributed by atoms with Gasteiger partial charge in [0.1, 0.15) is 0 Å². The lowest BCUT2D eigenvalue weighted by molar-refractivity contribution is -0.139. The lowest BCUT2D eigenvalue weighted by atomic mass is 9.92. The van der Waals surface area contributed by atoms with E-state index < -0.39 is 11.5 Å². The fourth-order valence-electron chi connectivity index (χ4n) is 3.79. The van der Waals surface area contributed by atoms with Crippen molar-refractivity contribution in [3.8, 4) is 0 Å². The number of aromatic amines is 1. The summed E-state index contributed by atoms with van der Waals surface area (Å²) in [5.74, 6) is -0.899. The molecule has 0 spiro atoms. The molecule has 0 unspecified atom stereocenters. The highest BCUT2D eigenvalue weighted by molar-refractivity contribution is 5.85. The Labute approximate surface area is 141 Å². The van der Waals surface area contributed by atoms with E-state index in [0.29, 0.717) is 12.8 Å². The van der Waals surface area contributed by atoms with Crippen molar-refractivity contribution < 1.29 is 14.7 Å². The Morgan fingerprint density at radius 1 is 1.29 bits per heavy atom. The highest BCUT2D eigenvalue weighted by Crippen LogP contribution is 2.32. The summed E-state index contributed by atoms with van der Waals surface area (Å²) >= 11 is 0. The molecule has 1 aliphatic rings. The van der Waals surface area contributed by atoms with Crippen LogP contribution >= 0.6 is 0 Å². The minimum atomic E-state index is -0.843. The first-order valence-electron chi connectivity index (χ1n) is 8.57. The zero-order valence-corrected chi connectivity index (χ0v) is 14.0. The largest absolute Gasteiger partial charge is 0.481 e. The summed E-state index contributed by atoms with van der Waals surface area (Å²) in [5, 5.41) is 13.3. The maximum absolute atomic E-state index is 12.4. The SMILES string of the molecule is Cc1ccc2[nH]cc(CCC(=O)NC3(CC(=O)O)CCCC3)c2c1. The summed E-state index contributed by atoms with van der Waals surface area (Å²) in [4.78, 5) is 26.7. The van der Waals surface area contributed by atoms with E-state index in [-0.39, 0.29) is 12.3 Å². The van der Waals surface area contributed by atoms with Gasteiger partial charge < -0.3 is 15.4 Å². The van der Waals surface area contributed by atoms with Gasteiger partial charge in [0.15, 0.2) is 0 Å². The summed E-state index contributed by atoms with van der Waals surface area (Å²) in [6.07, 6.45) is 6.49. The van der Waals surface area contributed by atoms with Crippen molar-refractivity contribution in [1.82, 2.24) is 10.3 Å². The third-order valence-corrected chi connectivity index (χ3v) is 5.00. The molecule has 1 aromatic carbocycles. The number of benzene rings is 1. The lowest BCUT2D eigenvalue weighted by Gasteiger charge is -2.28. The Morgan fingerprint density at radius 2 is 2.04 bits per heavy atom. The number of carboxylic acid groups (broad SMARTS) is 1. The van der Waals surface area contributed by atoms with Crippen LogP contribution in [-0.4, -0.2) is 27.5 Å². The zero-order chi connectivity index (χ0) is 17.2. The van der Waals surface area contributed by atoms with Crippen molar-refractivity contribution in [3.63, 3.8) is 0 Å². The van der Waals surface area contributed by atoms with Gasteiger partial charge in [-0.15, -0.1) is 0 Å². The summed E-state index contributed by atoms with van der Waals surface area (Å²) in [6, 6.07) is 6.24. The number of hydrogen-bond acceptors (Lipinski definition) is 2. The van der Waals surface area contributed by atoms with Gasteiger partial charge in [-0.2, -0.15) is 0 Å². The zero-order valence-electron chi connectivity index (χ0n) is 14.0. The van der Waals surface area contributed by atoms with Crippen LogP contribution in [0.2, 0.25) is 0 Å². The highest BCUT2D eigenvalue weighted by atomic mass is 16.4. The predicted molar refractivity (Wildman–Crippen MR) is 93.0 cm³/mol. The molecular formula is C19H24N2O3. The molecule has 128 valence electrons. The van der Waals surface area contributed by atoms with Gasteiger partial charge in [0, 0.05) is 23.5 Å². The maximum atomic E-state index is 12.4. The molecule has 1 heterocycles. The van der Waals surface area contributed by atoms with Crippen LogP contribution in [-0.2, 0) is 16.0 Å². The average molecular weight is 328 g/mol. The Hall–Kier alpha value is -2.30. The van der Waals surface area contributed by atoms with E-state index >= 15 is 0 Å². The van der Waals surface area contributed by atoms with Crippen LogP contribution in [0.1, 0.15) is 49.7 Å².